The van der Waals surface area contributed by atoms with E-state index in [0.29, 0.717) is 5.92 Å². The second-order valence-electron chi connectivity index (χ2n) is 5.70. The number of epoxide rings is 1. The second-order valence-corrected chi connectivity index (χ2v) is 5.70. The molecule has 1 saturated heterocycles. The molecule has 86 valence electrons. The summed E-state index contributed by atoms with van der Waals surface area (Å²) < 4.78 is 10.6. The maximum atomic E-state index is 11.9. The molecule has 0 radical (unpaired) electrons. The monoisotopic (exact) mass is 212 g/mol. The van der Waals surface area contributed by atoms with Gasteiger partial charge in [0.15, 0.2) is 0 Å². The summed E-state index contributed by atoms with van der Waals surface area (Å²) in [5, 5.41) is 0. The number of esters is 1. The molecule has 0 aromatic carbocycles. The number of fused-ring (bicyclic) bond motifs is 1. The van der Waals surface area contributed by atoms with Crippen LogP contribution in [-0.2, 0) is 14.3 Å². The molecule has 15 heavy (non-hydrogen) atoms. The molecule has 2 fully saturated rings. The molecule has 0 N–H and O–H groups in total. The number of ether oxygens (including phenoxy) is 2. The highest BCUT2D eigenvalue weighted by molar-refractivity contribution is 5.76. The van der Waals surface area contributed by atoms with Crippen LogP contribution in [0, 0.1) is 17.3 Å². The lowest BCUT2D eigenvalue weighted by Gasteiger charge is -2.43. The zero-order chi connectivity index (χ0) is 11.4. The van der Waals surface area contributed by atoms with E-state index in [9.17, 15) is 4.79 Å². The predicted octanol–water partition coefficient (Wildman–Crippen LogP) is 2.00. The molecule has 0 aromatic rings. The van der Waals surface area contributed by atoms with Crippen LogP contribution in [-0.4, -0.2) is 24.8 Å². The van der Waals surface area contributed by atoms with Gasteiger partial charge in [0, 0.05) is 0 Å². The Morgan fingerprint density at radius 1 is 1.40 bits per heavy atom. The van der Waals surface area contributed by atoms with Crippen molar-refractivity contribution in [2.45, 2.75) is 45.8 Å². The van der Waals surface area contributed by atoms with E-state index in [2.05, 4.69) is 20.8 Å². The van der Waals surface area contributed by atoms with Gasteiger partial charge in [-0.3, -0.25) is 4.79 Å². The van der Waals surface area contributed by atoms with Gasteiger partial charge in [0.05, 0.1) is 19.1 Å². The third kappa shape index (κ3) is 1.32. The van der Waals surface area contributed by atoms with Crippen molar-refractivity contribution in [3.05, 3.63) is 0 Å². The van der Waals surface area contributed by atoms with Gasteiger partial charge in [-0.15, -0.1) is 0 Å². The van der Waals surface area contributed by atoms with Crippen LogP contribution in [0.3, 0.4) is 0 Å². The largest absolute Gasteiger partial charge is 0.469 e. The van der Waals surface area contributed by atoms with Crippen molar-refractivity contribution in [1.29, 1.82) is 0 Å². The summed E-state index contributed by atoms with van der Waals surface area (Å²) in [6, 6.07) is 0. The zero-order valence-corrected chi connectivity index (χ0v) is 10.2. The molecule has 0 aromatic heterocycles. The minimum atomic E-state index is -0.275. The summed E-state index contributed by atoms with van der Waals surface area (Å²) in [5.74, 6) is 0.225. The van der Waals surface area contributed by atoms with Crippen molar-refractivity contribution in [3.8, 4) is 0 Å². The highest BCUT2D eigenvalue weighted by atomic mass is 16.6. The van der Waals surface area contributed by atoms with Crippen LogP contribution >= 0.6 is 0 Å². The van der Waals surface area contributed by atoms with Crippen molar-refractivity contribution in [1.82, 2.24) is 0 Å². The molecular weight excluding hydrogens is 192 g/mol. The third-order valence-corrected chi connectivity index (χ3v) is 4.57. The standard InChI is InChI=1S/C12H20O3/c1-7-6-8-12(4,15-8)9(10(13)14-5)11(7,2)3/h7-9H,6H2,1-5H3/t7-,8+,9+,12+/m0/s1. The second kappa shape index (κ2) is 2.97. The van der Waals surface area contributed by atoms with E-state index < -0.39 is 0 Å². The Labute approximate surface area is 91.1 Å². The normalized spacial score (nSPS) is 46.9. The Kier molecular flexibility index (Phi) is 2.16. The Hall–Kier alpha value is -0.570. The highest BCUT2D eigenvalue weighted by Crippen LogP contribution is 2.60. The molecule has 0 unspecified atom stereocenters. The summed E-state index contributed by atoms with van der Waals surface area (Å²) in [5.41, 5.74) is -0.321. The van der Waals surface area contributed by atoms with Crippen molar-refractivity contribution < 1.29 is 14.3 Å². The smallest absolute Gasteiger partial charge is 0.312 e. The van der Waals surface area contributed by atoms with Gasteiger partial charge in [-0.1, -0.05) is 20.8 Å². The van der Waals surface area contributed by atoms with Gasteiger partial charge in [-0.2, -0.15) is 0 Å². The summed E-state index contributed by atoms with van der Waals surface area (Å²) in [6.45, 7) is 8.51. The Balaban J connectivity index is 2.33. The minimum absolute atomic E-state index is 0.0468. The molecule has 2 aliphatic rings. The predicted molar refractivity (Wildman–Crippen MR) is 56.3 cm³/mol. The topological polar surface area (TPSA) is 38.8 Å². The average Bonchev–Trinajstić information content (AvgIpc) is 2.75. The Bertz CT molecular complexity index is 297. The van der Waals surface area contributed by atoms with E-state index in [4.69, 9.17) is 9.47 Å². The first-order valence-electron chi connectivity index (χ1n) is 5.59. The quantitative estimate of drug-likeness (QED) is 0.493. The van der Waals surface area contributed by atoms with Crippen LogP contribution in [0.2, 0.25) is 0 Å². The lowest BCUT2D eigenvalue weighted by atomic mass is 9.59. The molecule has 0 bridgehead atoms. The third-order valence-electron chi connectivity index (χ3n) is 4.57. The van der Waals surface area contributed by atoms with Crippen molar-refractivity contribution >= 4 is 5.97 Å². The zero-order valence-electron chi connectivity index (χ0n) is 10.2. The number of carbonyl (C=O) groups excluding carboxylic acids is 1. The van der Waals surface area contributed by atoms with Crippen LogP contribution < -0.4 is 0 Å². The maximum absolute atomic E-state index is 11.9. The summed E-state index contributed by atoms with van der Waals surface area (Å²) >= 11 is 0. The molecule has 4 atom stereocenters. The SMILES string of the molecule is COC(=O)[C@@H]1C(C)(C)[C@@H](C)C[C@H]2O[C@@]12C. The Morgan fingerprint density at radius 2 is 2.00 bits per heavy atom. The number of methoxy groups -OCH3 is 1. The molecule has 0 amide bonds. The van der Waals surface area contributed by atoms with E-state index in [0.717, 1.165) is 6.42 Å². The van der Waals surface area contributed by atoms with Crippen LogP contribution in [0.1, 0.15) is 34.1 Å². The van der Waals surface area contributed by atoms with Gasteiger partial charge in [0.1, 0.15) is 5.60 Å². The first-order chi connectivity index (χ1) is 6.84. The van der Waals surface area contributed by atoms with Gasteiger partial charge in [-0.05, 0) is 24.7 Å². The van der Waals surface area contributed by atoms with Crippen LogP contribution in [0.15, 0.2) is 0 Å². The fourth-order valence-electron chi connectivity index (χ4n) is 3.11. The Morgan fingerprint density at radius 3 is 2.53 bits per heavy atom. The fraction of sp³-hybridized carbons (Fsp3) is 0.917. The first-order valence-corrected chi connectivity index (χ1v) is 5.59. The van der Waals surface area contributed by atoms with Crippen LogP contribution in [0.5, 0.6) is 0 Å². The van der Waals surface area contributed by atoms with Crippen molar-refractivity contribution in [3.63, 3.8) is 0 Å². The van der Waals surface area contributed by atoms with Crippen molar-refractivity contribution in [2.75, 3.05) is 7.11 Å². The van der Waals surface area contributed by atoms with E-state index >= 15 is 0 Å². The molecule has 1 aliphatic carbocycles. The molecular formula is C12H20O3. The van der Waals surface area contributed by atoms with Gasteiger partial charge in [0.2, 0.25) is 0 Å². The number of hydrogen-bond donors (Lipinski definition) is 0. The van der Waals surface area contributed by atoms with Crippen molar-refractivity contribution in [2.24, 2.45) is 17.3 Å². The van der Waals surface area contributed by atoms with Crippen LogP contribution in [0.4, 0.5) is 0 Å². The molecule has 1 heterocycles. The lowest BCUT2D eigenvalue weighted by molar-refractivity contribution is -0.155. The van der Waals surface area contributed by atoms with Gasteiger partial charge >= 0.3 is 5.97 Å². The molecule has 3 heteroatoms. The van der Waals surface area contributed by atoms with E-state index in [1.54, 1.807) is 0 Å². The molecule has 3 nitrogen and oxygen atoms in total. The highest BCUT2D eigenvalue weighted by Gasteiger charge is 2.69. The van der Waals surface area contributed by atoms with Gasteiger partial charge < -0.3 is 9.47 Å². The number of carbonyl (C=O) groups is 1. The summed E-state index contributed by atoms with van der Waals surface area (Å²) in [4.78, 5) is 11.9. The van der Waals surface area contributed by atoms with E-state index in [-0.39, 0.29) is 29.0 Å². The molecule has 0 spiro atoms. The molecule has 1 saturated carbocycles. The number of hydrogen-bond acceptors (Lipinski definition) is 3. The number of rotatable bonds is 1. The van der Waals surface area contributed by atoms with Crippen LogP contribution in [0.25, 0.3) is 0 Å². The lowest BCUT2D eigenvalue weighted by Crippen LogP contribution is -2.49. The fourth-order valence-corrected chi connectivity index (χ4v) is 3.11. The van der Waals surface area contributed by atoms with Gasteiger partial charge in [0.25, 0.3) is 0 Å². The summed E-state index contributed by atoms with van der Waals surface area (Å²) in [7, 11) is 1.46. The van der Waals surface area contributed by atoms with E-state index in [1.807, 2.05) is 6.92 Å². The van der Waals surface area contributed by atoms with Gasteiger partial charge in [-0.25, -0.2) is 0 Å². The average molecular weight is 212 g/mol. The maximum Gasteiger partial charge on any atom is 0.312 e. The molecule has 2 rings (SSSR count). The van der Waals surface area contributed by atoms with E-state index in [1.165, 1.54) is 7.11 Å². The minimum Gasteiger partial charge on any atom is -0.469 e. The molecule has 1 aliphatic heterocycles. The first kappa shape index (κ1) is 10.9. The summed E-state index contributed by atoms with van der Waals surface area (Å²) in [6.07, 6.45) is 1.31.